The predicted molar refractivity (Wildman–Crippen MR) is 77.3 cm³/mol. The quantitative estimate of drug-likeness (QED) is 0.908. The van der Waals surface area contributed by atoms with E-state index in [1.165, 1.54) is 0 Å². The van der Waals surface area contributed by atoms with Gasteiger partial charge in [0.2, 0.25) is 0 Å². The lowest BCUT2D eigenvalue weighted by Gasteiger charge is -2.14. The number of nitrogens with zero attached hydrogens (tertiary/aromatic N) is 1. The van der Waals surface area contributed by atoms with Crippen molar-refractivity contribution in [2.45, 2.75) is 19.6 Å². The molecule has 0 saturated carbocycles. The maximum atomic E-state index is 12.2. The average molecular weight is 270 g/mol. The van der Waals surface area contributed by atoms with Gasteiger partial charge in [0, 0.05) is 25.1 Å². The van der Waals surface area contributed by atoms with E-state index in [1.807, 2.05) is 37.3 Å². The molecule has 1 N–H and O–H groups in total. The summed E-state index contributed by atoms with van der Waals surface area (Å²) in [6, 6.07) is 11.2. The Labute approximate surface area is 118 Å². The van der Waals surface area contributed by atoms with Crippen LogP contribution < -0.4 is 5.32 Å². The molecule has 0 saturated heterocycles. The SMILES string of the molecule is COCc1cccc(C(=O)NC(C)c2cccnc2)c1. The van der Waals surface area contributed by atoms with Gasteiger partial charge in [0.15, 0.2) is 0 Å². The standard InChI is InChI=1S/C16H18N2O2/c1-12(15-7-4-8-17-10-15)18-16(19)14-6-3-5-13(9-14)11-20-2/h3-10,12H,11H2,1-2H3,(H,18,19). The Morgan fingerprint density at radius 3 is 2.90 bits per heavy atom. The smallest absolute Gasteiger partial charge is 0.251 e. The van der Waals surface area contributed by atoms with Gasteiger partial charge < -0.3 is 10.1 Å². The predicted octanol–water partition coefficient (Wildman–Crippen LogP) is 2.72. The van der Waals surface area contributed by atoms with E-state index in [-0.39, 0.29) is 11.9 Å². The monoisotopic (exact) mass is 270 g/mol. The third-order valence-electron chi connectivity index (χ3n) is 3.03. The van der Waals surface area contributed by atoms with E-state index >= 15 is 0 Å². The molecule has 1 heterocycles. The van der Waals surface area contributed by atoms with E-state index in [0.29, 0.717) is 12.2 Å². The highest BCUT2D eigenvalue weighted by Gasteiger charge is 2.11. The van der Waals surface area contributed by atoms with Gasteiger partial charge in [-0.15, -0.1) is 0 Å². The molecule has 1 unspecified atom stereocenters. The van der Waals surface area contributed by atoms with E-state index < -0.39 is 0 Å². The molecule has 1 atom stereocenters. The molecule has 4 heteroatoms. The highest BCUT2D eigenvalue weighted by Crippen LogP contribution is 2.12. The number of pyridine rings is 1. The summed E-state index contributed by atoms with van der Waals surface area (Å²) in [4.78, 5) is 16.3. The number of amides is 1. The van der Waals surface area contributed by atoms with Gasteiger partial charge in [-0.3, -0.25) is 9.78 Å². The lowest BCUT2D eigenvalue weighted by Crippen LogP contribution is -2.26. The van der Waals surface area contributed by atoms with Crippen LogP contribution in [0.1, 0.15) is 34.5 Å². The number of methoxy groups -OCH3 is 1. The number of hydrogen-bond acceptors (Lipinski definition) is 3. The molecule has 1 aromatic heterocycles. The number of nitrogens with one attached hydrogen (secondary N) is 1. The van der Waals surface area contributed by atoms with Crippen molar-refractivity contribution in [3.05, 3.63) is 65.5 Å². The summed E-state index contributed by atoms with van der Waals surface area (Å²) in [5.74, 6) is -0.0979. The Hall–Kier alpha value is -2.20. The second kappa shape index (κ2) is 6.82. The molecule has 1 amide bonds. The molecule has 0 fully saturated rings. The van der Waals surface area contributed by atoms with E-state index in [4.69, 9.17) is 4.74 Å². The first-order valence-electron chi connectivity index (χ1n) is 6.49. The summed E-state index contributed by atoms with van der Waals surface area (Å²) < 4.78 is 5.07. The number of carbonyl (C=O) groups is 1. The van der Waals surface area contributed by atoms with Crippen molar-refractivity contribution < 1.29 is 9.53 Å². The second-order valence-corrected chi connectivity index (χ2v) is 4.61. The fourth-order valence-electron chi connectivity index (χ4n) is 1.96. The van der Waals surface area contributed by atoms with E-state index in [1.54, 1.807) is 25.6 Å². The highest BCUT2D eigenvalue weighted by atomic mass is 16.5. The number of carbonyl (C=O) groups excluding carboxylic acids is 1. The second-order valence-electron chi connectivity index (χ2n) is 4.61. The molecule has 104 valence electrons. The van der Waals surface area contributed by atoms with Crippen LogP contribution in [-0.2, 0) is 11.3 Å². The van der Waals surface area contributed by atoms with Crippen LogP contribution in [0.2, 0.25) is 0 Å². The summed E-state index contributed by atoms with van der Waals surface area (Å²) in [6.07, 6.45) is 3.47. The van der Waals surface area contributed by atoms with Gasteiger partial charge in [-0.25, -0.2) is 0 Å². The van der Waals surface area contributed by atoms with Crippen LogP contribution in [-0.4, -0.2) is 18.0 Å². The molecule has 2 rings (SSSR count). The number of rotatable bonds is 5. The lowest BCUT2D eigenvalue weighted by molar-refractivity contribution is 0.0939. The average Bonchev–Trinajstić information content (AvgIpc) is 2.48. The topological polar surface area (TPSA) is 51.2 Å². The van der Waals surface area contributed by atoms with Gasteiger partial charge >= 0.3 is 0 Å². The number of hydrogen-bond donors (Lipinski definition) is 1. The van der Waals surface area contributed by atoms with Crippen LogP contribution in [0.5, 0.6) is 0 Å². The largest absolute Gasteiger partial charge is 0.380 e. The Balaban J connectivity index is 2.06. The van der Waals surface area contributed by atoms with Crippen molar-refractivity contribution in [2.75, 3.05) is 7.11 Å². The van der Waals surface area contributed by atoms with Crippen LogP contribution >= 0.6 is 0 Å². The van der Waals surface area contributed by atoms with Gasteiger partial charge in [0.05, 0.1) is 12.6 Å². The molecular weight excluding hydrogens is 252 g/mol. The zero-order valence-electron chi connectivity index (χ0n) is 11.7. The molecule has 2 aromatic rings. The molecular formula is C16H18N2O2. The minimum absolute atomic E-state index is 0.0812. The van der Waals surface area contributed by atoms with Crippen molar-refractivity contribution >= 4 is 5.91 Å². The van der Waals surface area contributed by atoms with Crippen molar-refractivity contribution in [2.24, 2.45) is 0 Å². The first-order valence-corrected chi connectivity index (χ1v) is 6.49. The molecule has 4 nitrogen and oxygen atoms in total. The van der Waals surface area contributed by atoms with Gasteiger partial charge in [0.1, 0.15) is 0 Å². The van der Waals surface area contributed by atoms with Gasteiger partial charge in [-0.1, -0.05) is 18.2 Å². The van der Waals surface area contributed by atoms with Gasteiger partial charge in [-0.05, 0) is 36.2 Å². The molecule has 0 bridgehead atoms. The number of ether oxygens (including phenoxy) is 1. The van der Waals surface area contributed by atoms with Crippen molar-refractivity contribution in [1.29, 1.82) is 0 Å². The molecule has 1 aromatic carbocycles. The molecule has 0 radical (unpaired) electrons. The Morgan fingerprint density at radius 1 is 1.35 bits per heavy atom. The minimum atomic E-state index is -0.0979. The van der Waals surface area contributed by atoms with E-state index in [2.05, 4.69) is 10.3 Å². The Kier molecular flexibility index (Phi) is 4.85. The van der Waals surface area contributed by atoms with Crippen molar-refractivity contribution in [3.63, 3.8) is 0 Å². The van der Waals surface area contributed by atoms with E-state index in [0.717, 1.165) is 11.1 Å². The Bertz CT molecular complexity index is 570. The fraction of sp³-hybridized carbons (Fsp3) is 0.250. The van der Waals surface area contributed by atoms with Gasteiger partial charge in [0.25, 0.3) is 5.91 Å². The zero-order chi connectivity index (χ0) is 14.4. The summed E-state index contributed by atoms with van der Waals surface area (Å²) in [5, 5.41) is 2.96. The molecule has 0 spiro atoms. The fourth-order valence-corrected chi connectivity index (χ4v) is 1.96. The van der Waals surface area contributed by atoms with Crippen molar-refractivity contribution in [1.82, 2.24) is 10.3 Å². The van der Waals surface area contributed by atoms with Crippen LogP contribution in [0, 0.1) is 0 Å². The maximum absolute atomic E-state index is 12.2. The van der Waals surface area contributed by atoms with Gasteiger partial charge in [-0.2, -0.15) is 0 Å². The zero-order valence-corrected chi connectivity index (χ0v) is 11.7. The minimum Gasteiger partial charge on any atom is -0.380 e. The normalized spacial score (nSPS) is 11.9. The van der Waals surface area contributed by atoms with E-state index in [9.17, 15) is 4.79 Å². The lowest BCUT2D eigenvalue weighted by atomic mass is 10.1. The molecule has 0 aliphatic heterocycles. The summed E-state index contributed by atoms with van der Waals surface area (Å²) >= 11 is 0. The molecule has 0 aliphatic carbocycles. The molecule has 20 heavy (non-hydrogen) atoms. The number of benzene rings is 1. The summed E-state index contributed by atoms with van der Waals surface area (Å²) in [6.45, 7) is 2.44. The third-order valence-corrected chi connectivity index (χ3v) is 3.03. The van der Waals surface area contributed by atoms with Crippen LogP contribution in [0.15, 0.2) is 48.8 Å². The van der Waals surface area contributed by atoms with Crippen LogP contribution in [0.3, 0.4) is 0 Å². The molecule has 0 aliphatic rings. The maximum Gasteiger partial charge on any atom is 0.251 e. The summed E-state index contributed by atoms with van der Waals surface area (Å²) in [5.41, 5.74) is 2.60. The van der Waals surface area contributed by atoms with Crippen LogP contribution in [0.25, 0.3) is 0 Å². The highest BCUT2D eigenvalue weighted by molar-refractivity contribution is 5.94. The summed E-state index contributed by atoms with van der Waals surface area (Å²) in [7, 11) is 1.64. The first-order chi connectivity index (χ1) is 9.70. The van der Waals surface area contributed by atoms with Crippen LogP contribution in [0.4, 0.5) is 0 Å². The third kappa shape index (κ3) is 3.65. The first kappa shape index (κ1) is 14.2. The van der Waals surface area contributed by atoms with Crippen molar-refractivity contribution in [3.8, 4) is 0 Å². The Morgan fingerprint density at radius 2 is 2.20 bits per heavy atom. The number of aromatic nitrogens is 1.